The highest BCUT2D eigenvalue weighted by atomic mass is 35.5. The van der Waals surface area contributed by atoms with Crippen molar-refractivity contribution in [2.45, 2.75) is 39.3 Å². The number of oxazole rings is 1. The zero-order valence-corrected chi connectivity index (χ0v) is 11.9. The minimum atomic E-state index is 0. The molecule has 0 aliphatic carbocycles. The molecule has 2 heterocycles. The number of halogens is 2. The molecule has 1 aliphatic heterocycles. The van der Waals surface area contributed by atoms with Crippen molar-refractivity contribution >= 4 is 24.8 Å². The van der Waals surface area contributed by atoms with E-state index in [-0.39, 0.29) is 24.8 Å². The summed E-state index contributed by atoms with van der Waals surface area (Å²) in [6, 6.07) is 0.512. The molecule has 2 rings (SSSR count). The topological polar surface area (TPSA) is 55.3 Å². The van der Waals surface area contributed by atoms with E-state index in [1.165, 1.54) is 12.8 Å². The first-order valence-electron chi connectivity index (χ1n) is 5.57. The van der Waals surface area contributed by atoms with Crippen LogP contribution in [0.15, 0.2) is 4.42 Å². The number of aromatic nitrogens is 1. The number of rotatable bonds is 3. The van der Waals surface area contributed by atoms with Gasteiger partial charge in [0.15, 0.2) is 0 Å². The number of likely N-dealkylation sites (tertiary alicyclic amines) is 1. The molecule has 2 N–H and O–H groups in total. The maximum Gasteiger partial charge on any atom is 0.208 e. The van der Waals surface area contributed by atoms with Gasteiger partial charge in [0.05, 0.1) is 12.2 Å². The van der Waals surface area contributed by atoms with E-state index in [1.807, 2.05) is 13.8 Å². The van der Waals surface area contributed by atoms with Crippen molar-refractivity contribution in [2.24, 2.45) is 5.73 Å². The molecule has 100 valence electrons. The fourth-order valence-corrected chi connectivity index (χ4v) is 2.15. The molecule has 0 radical (unpaired) electrons. The second-order valence-electron chi connectivity index (χ2n) is 4.25. The van der Waals surface area contributed by atoms with Gasteiger partial charge in [-0.05, 0) is 33.2 Å². The summed E-state index contributed by atoms with van der Waals surface area (Å²) >= 11 is 0. The summed E-state index contributed by atoms with van der Waals surface area (Å²) in [5.74, 6) is 1.75. The first-order chi connectivity index (χ1) is 7.20. The number of hydrogen-bond acceptors (Lipinski definition) is 4. The fraction of sp³-hybridized carbons (Fsp3) is 0.727. The van der Waals surface area contributed by atoms with Crippen LogP contribution in [0, 0.1) is 13.8 Å². The average molecular weight is 282 g/mol. The third-order valence-corrected chi connectivity index (χ3v) is 3.18. The van der Waals surface area contributed by atoms with Gasteiger partial charge in [-0.2, -0.15) is 0 Å². The summed E-state index contributed by atoms with van der Waals surface area (Å²) in [7, 11) is 0. The predicted molar refractivity (Wildman–Crippen MR) is 73.0 cm³/mol. The SMILES string of the molecule is Cc1nc(CN2CCCC2CN)oc1C.Cl.Cl. The molecule has 1 unspecified atom stereocenters. The lowest BCUT2D eigenvalue weighted by Gasteiger charge is -2.20. The van der Waals surface area contributed by atoms with Crippen LogP contribution in [0.2, 0.25) is 0 Å². The summed E-state index contributed by atoms with van der Waals surface area (Å²) in [5, 5.41) is 0. The molecule has 1 saturated heterocycles. The quantitative estimate of drug-likeness (QED) is 0.922. The Morgan fingerprint density at radius 2 is 2.12 bits per heavy atom. The number of hydrogen-bond donors (Lipinski definition) is 1. The van der Waals surface area contributed by atoms with E-state index in [1.54, 1.807) is 0 Å². The highest BCUT2D eigenvalue weighted by molar-refractivity contribution is 5.85. The normalized spacial score (nSPS) is 19.8. The summed E-state index contributed by atoms with van der Waals surface area (Å²) in [6.07, 6.45) is 2.44. The Morgan fingerprint density at radius 1 is 1.41 bits per heavy atom. The van der Waals surface area contributed by atoms with Gasteiger partial charge in [0.25, 0.3) is 0 Å². The zero-order chi connectivity index (χ0) is 10.8. The van der Waals surface area contributed by atoms with Crippen LogP contribution in [-0.4, -0.2) is 29.0 Å². The molecule has 1 aromatic heterocycles. The van der Waals surface area contributed by atoms with Crippen LogP contribution < -0.4 is 5.73 Å². The van der Waals surface area contributed by atoms with Crippen molar-refractivity contribution in [3.05, 3.63) is 17.3 Å². The van der Waals surface area contributed by atoms with Crippen molar-refractivity contribution in [1.82, 2.24) is 9.88 Å². The second-order valence-corrected chi connectivity index (χ2v) is 4.25. The van der Waals surface area contributed by atoms with Gasteiger partial charge in [-0.15, -0.1) is 24.8 Å². The lowest BCUT2D eigenvalue weighted by molar-refractivity contribution is 0.224. The average Bonchev–Trinajstić information content (AvgIpc) is 2.75. The van der Waals surface area contributed by atoms with Crippen molar-refractivity contribution in [3.8, 4) is 0 Å². The van der Waals surface area contributed by atoms with E-state index in [4.69, 9.17) is 10.2 Å². The largest absolute Gasteiger partial charge is 0.444 e. The molecular formula is C11H21Cl2N3O. The summed E-state index contributed by atoms with van der Waals surface area (Å²) in [4.78, 5) is 6.76. The van der Waals surface area contributed by atoms with E-state index in [0.717, 1.165) is 37.0 Å². The highest BCUT2D eigenvalue weighted by Crippen LogP contribution is 2.19. The zero-order valence-electron chi connectivity index (χ0n) is 10.3. The summed E-state index contributed by atoms with van der Waals surface area (Å²) in [5.41, 5.74) is 6.71. The first-order valence-corrected chi connectivity index (χ1v) is 5.57. The van der Waals surface area contributed by atoms with Crippen LogP contribution in [-0.2, 0) is 6.54 Å². The molecule has 1 fully saturated rings. The molecule has 0 bridgehead atoms. The Hall–Kier alpha value is -0.290. The minimum Gasteiger partial charge on any atom is -0.444 e. The monoisotopic (exact) mass is 281 g/mol. The van der Waals surface area contributed by atoms with Gasteiger partial charge >= 0.3 is 0 Å². The van der Waals surface area contributed by atoms with Crippen LogP contribution in [0.5, 0.6) is 0 Å². The highest BCUT2D eigenvalue weighted by Gasteiger charge is 2.24. The van der Waals surface area contributed by atoms with E-state index in [2.05, 4.69) is 9.88 Å². The van der Waals surface area contributed by atoms with E-state index in [0.29, 0.717) is 6.04 Å². The van der Waals surface area contributed by atoms with Crippen LogP contribution in [0.1, 0.15) is 30.2 Å². The molecule has 0 amide bonds. The Kier molecular flexibility index (Phi) is 7.09. The molecule has 6 heteroatoms. The van der Waals surface area contributed by atoms with E-state index in [9.17, 15) is 0 Å². The van der Waals surface area contributed by atoms with Gasteiger partial charge in [-0.1, -0.05) is 0 Å². The number of nitrogens with two attached hydrogens (primary N) is 1. The van der Waals surface area contributed by atoms with Crippen LogP contribution >= 0.6 is 24.8 Å². The molecule has 17 heavy (non-hydrogen) atoms. The van der Waals surface area contributed by atoms with Crippen molar-refractivity contribution in [2.75, 3.05) is 13.1 Å². The number of aryl methyl sites for hydroxylation is 2. The molecule has 0 spiro atoms. The molecule has 4 nitrogen and oxygen atoms in total. The lowest BCUT2D eigenvalue weighted by Crippen LogP contribution is -2.34. The molecule has 0 saturated carbocycles. The third kappa shape index (κ3) is 3.85. The number of nitrogens with zero attached hydrogens (tertiary/aromatic N) is 2. The van der Waals surface area contributed by atoms with E-state index >= 15 is 0 Å². The van der Waals surface area contributed by atoms with Gasteiger partial charge in [0.1, 0.15) is 5.76 Å². The van der Waals surface area contributed by atoms with Crippen molar-refractivity contribution in [1.29, 1.82) is 0 Å². The second kappa shape index (κ2) is 7.21. The first kappa shape index (κ1) is 16.7. The Bertz CT molecular complexity index is 324. The lowest BCUT2D eigenvalue weighted by atomic mass is 10.2. The maximum atomic E-state index is 5.72. The van der Waals surface area contributed by atoms with Crippen LogP contribution in [0.4, 0.5) is 0 Å². The smallest absolute Gasteiger partial charge is 0.208 e. The third-order valence-electron chi connectivity index (χ3n) is 3.18. The summed E-state index contributed by atoms with van der Waals surface area (Å²) < 4.78 is 5.58. The fourth-order valence-electron chi connectivity index (χ4n) is 2.15. The van der Waals surface area contributed by atoms with E-state index < -0.39 is 0 Å². The van der Waals surface area contributed by atoms with Gasteiger partial charge in [0, 0.05) is 12.6 Å². The Labute approximate surface area is 115 Å². The molecule has 1 atom stereocenters. The molecule has 0 aromatic carbocycles. The van der Waals surface area contributed by atoms with Gasteiger partial charge in [-0.25, -0.2) is 4.98 Å². The van der Waals surface area contributed by atoms with Gasteiger partial charge < -0.3 is 10.2 Å². The van der Waals surface area contributed by atoms with Crippen LogP contribution in [0.25, 0.3) is 0 Å². The Morgan fingerprint density at radius 3 is 2.65 bits per heavy atom. The molecular weight excluding hydrogens is 261 g/mol. The van der Waals surface area contributed by atoms with Crippen molar-refractivity contribution in [3.63, 3.8) is 0 Å². The minimum absolute atomic E-state index is 0. The molecule has 1 aromatic rings. The molecule has 1 aliphatic rings. The van der Waals surface area contributed by atoms with Gasteiger partial charge in [-0.3, -0.25) is 4.90 Å². The van der Waals surface area contributed by atoms with Gasteiger partial charge in [0.2, 0.25) is 5.89 Å². The van der Waals surface area contributed by atoms with Crippen LogP contribution in [0.3, 0.4) is 0 Å². The standard InChI is InChI=1S/C11H19N3O.2ClH/c1-8-9(2)15-11(13-8)7-14-5-3-4-10(14)6-12;;/h10H,3-7,12H2,1-2H3;2*1H. The summed E-state index contributed by atoms with van der Waals surface area (Å²) in [6.45, 7) is 6.58. The Balaban J connectivity index is 0.00000128. The predicted octanol–water partition coefficient (Wildman–Crippen LogP) is 2.06. The maximum absolute atomic E-state index is 5.72. The van der Waals surface area contributed by atoms with Crippen molar-refractivity contribution < 1.29 is 4.42 Å².